The fourth-order valence-corrected chi connectivity index (χ4v) is 1.70. The minimum absolute atomic E-state index is 0.0144. The lowest BCUT2D eigenvalue weighted by atomic mass is 10.1. The third-order valence-electron chi connectivity index (χ3n) is 2.60. The van der Waals surface area contributed by atoms with Crippen LogP contribution in [-0.2, 0) is 12.7 Å². The summed E-state index contributed by atoms with van der Waals surface area (Å²) in [5.41, 5.74) is 0.752. The second-order valence-corrected chi connectivity index (χ2v) is 4.40. The van der Waals surface area contributed by atoms with Crippen LogP contribution in [0.3, 0.4) is 0 Å². The molecule has 1 N–H and O–H groups in total. The average molecular weight is 303 g/mol. The Hall–Kier alpha value is -1.89. The summed E-state index contributed by atoms with van der Waals surface area (Å²) in [5, 5.41) is 2.33. The molecule has 0 aliphatic heterocycles. The fraction of sp³-hybridized carbons (Fsp3) is 0.250. The number of hydrogen-bond donors (Lipinski definition) is 1. The minimum atomic E-state index is -4.56. The van der Waals surface area contributed by atoms with E-state index in [0.29, 0.717) is 6.54 Å². The van der Waals surface area contributed by atoms with Gasteiger partial charge in [0.1, 0.15) is 5.82 Å². The molecule has 0 amide bonds. The van der Waals surface area contributed by atoms with Crippen LogP contribution in [0.4, 0.5) is 19.0 Å². The molecule has 2 rings (SSSR count). The van der Waals surface area contributed by atoms with E-state index in [0.717, 1.165) is 17.2 Å². The Morgan fingerprint density at radius 3 is 2.70 bits per heavy atom. The molecular formula is C12H10ClF3N4. The number of alkyl halides is 3. The molecule has 106 valence electrons. The largest absolute Gasteiger partial charge is 0.433 e. The van der Waals surface area contributed by atoms with Crippen molar-refractivity contribution < 1.29 is 13.2 Å². The molecular weight excluding hydrogens is 293 g/mol. The smallest absolute Gasteiger partial charge is 0.366 e. The van der Waals surface area contributed by atoms with Gasteiger partial charge in [0.05, 0.1) is 0 Å². The first kappa shape index (κ1) is 14.5. The standard InChI is InChI=1S/C12H10ClF3N4/c1-7-2-3-17-5-8(7)6-18-10-4-9(12(14,15)16)19-11(13)20-10/h2-5H,6H2,1H3,(H,18,19,20). The zero-order chi connectivity index (χ0) is 14.8. The van der Waals surface area contributed by atoms with E-state index in [9.17, 15) is 13.2 Å². The maximum absolute atomic E-state index is 12.6. The number of anilines is 1. The maximum atomic E-state index is 12.6. The van der Waals surface area contributed by atoms with E-state index in [1.165, 1.54) is 0 Å². The summed E-state index contributed by atoms with van der Waals surface area (Å²) >= 11 is 5.49. The maximum Gasteiger partial charge on any atom is 0.433 e. The number of aromatic nitrogens is 3. The Labute approximate surface area is 118 Å². The van der Waals surface area contributed by atoms with Gasteiger partial charge in [0.15, 0.2) is 5.69 Å². The molecule has 0 atom stereocenters. The van der Waals surface area contributed by atoms with Crippen LogP contribution in [-0.4, -0.2) is 15.0 Å². The van der Waals surface area contributed by atoms with Gasteiger partial charge in [-0.3, -0.25) is 4.98 Å². The monoisotopic (exact) mass is 302 g/mol. The molecule has 0 aliphatic rings. The van der Waals surface area contributed by atoms with Gasteiger partial charge in [-0.05, 0) is 35.7 Å². The van der Waals surface area contributed by atoms with E-state index in [1.807, 2.05) is 13.0 Å². The number of hydrogen-bond acceptors (Lipinski definition) is 4. The SMILES string of the molecule is Cc1ccncc1CNc1cc(C(F)(F)F)nc(Cl)n1. The molecule has 0 aromatic carbocycles. The summed E-state index contributed by atoms with van der Waals surface area (Å²) in [6.45, 7) is 2.18. The topological polar surface area (TPSA) is 50.7 Å². The van der Waals surface area contributed by atoms with Gasteiger partial charge in [-0.1, -0.05) is 0 Å². The summed E-state index contributed by atoms with van der Waals surface area (Å²) in [5.74, 6) is 0.0144. The number of rotatable bonds is 3. The highest BCUT2D eigenvalue weighted by Crippen LogP contribution is 2.29. The number of nitrogens with zero attached hydrogens (tertiary/aromatic N) is 3. The van der Waals surface area contributed by atoms with Crippen LogP contribution in [0, 0.1) is 6.92 Å². The van der Waals surface area contributed by atoms with Gasteiger partial charge in [-0.25, -0.2) is 9.97 Å². The first-order valence-corrected chi connectivity index (χ1v) is 5.99. The lowest BCUT2D eigenvalue weighted by Crippen LogP contribution is -2.11. The zero-order valence-electron chi connectivity index (χ0n) is 10.4. The highest BCUT2D eigenvalue weighted by atomic mass is 35.5. The quantitative estimate of drug-likeness (QED) is 0.882. The normalized spacial score (nSPS) is 11.4. The molecule has 2 aromatic rings. The Morgan fingerprint density at radius 2 is 2.05 bits per heavy atom. The van der Waals surface area contributed by atoms with Crippen LogP contribution < -0.4 is 5.32 Å². The highest BCUT2D eigenvalue weighted by molar-refractivity contribution is 6.28. The van der Waals surface area contributed by atoms with Crippen molar-refractivity contribution in [3.8, 4) is 0 Å². The van der Waals surface area contributed by atoms with Crippen molar-refractivity contribution in [3.05, 3.63) is 46.6 Å². The number of pyridine rings is 1. The van der Waals surface area contributed by atoms with Gasteiger partial charge in [-0.2, -0.15) is 13.2 Å². The van der Waals surface area contributed by atoms with Gasteiger partial charge in [0.2, 0.25) is 5.28 Å². The molecule has 2 heterocycles. The molecule has 0 fully saturated rings. The van der Waals surface area contributed by atoms with Crippen molar-refractivity contribution >= 4 is 17.4 Å². The Bertz CT molecular complexity index is 616. The van der Waals surface area contributed by atoms with Crippen molar-refractivity contribution in [2.75, 3.05) is 5.32 Å². The van der Waals surface area contributed by atoms with Crippen LogP contribution in [0.2, 0.25) is 5.28 Å². The molecule has 0 spiro atoms. The second kappa shape index (κ2) is 5.62. The molecule has 0 saturated carbocycles. The number of aryl methyl sites for hydroxylation is 1. The number of halogens is 4. The summed E-state index contributed by atoms with van der Waals surface area (Å²) < 4.78 is 37.8. The fourth-order valence-electron chi connectivity index (χ4n) is 1.52. The van der Waals surface area contributed by atoms with E-state index < -0.39 is 17.2 Å². The third-order valence-corrected chi connectivity index (χ3v) is 2.77. The van der Waals surface area contributed by atoms with Crippen LogP contribution in [0.15, 0.2) is 24.5 Å². The van der Waals surface area contributed by atoms with Crippen LogP contribution in [0.1, 0.15) is 16.8 Å². The third kappa shape index (κ3) is 3.57. The summed E-state index contributed by atoms with van der Waals surface area (Å²) in [6, 6.07) is 2.63. The summed E-state index contributed by atoms with van der Waals surface area (Å²) in [4.78, 5) is 10.8. The summed E-state index contributed by atoms with van der Waals surface area (Å²) in [7, 11) is 0. The van der Waals surface area contributed by atoms with Crippen LogP contribution in [0.25, 0.3) is 0 Å². The molecule has 0 saturated heterocycles. The molecule has 0 unspecified atom stereocenters. The van der Waals surface area contributed by atoms with E-state index in [4.69, 9.17) is 11.6 Å². The Balaban J connectivity index is 2.18. The summed E-state index contributed by atoms with van der Waals surface area (Å²) in [6.07, 6.45) is -1.29. The van der Waals surface area contributed by atoms with Crippen molar-refractivity contribution in [1.29, 1.82) is 0 Å². The van der Waals surface area contributed by atoms with Crippen molar-refractivity contribution in [3.63, 3.8) is 0 Å². The Morgan fingerprint density at radius 1 is 1.30 bits per heavy atom. The molecule has 20 heavy (non-hydrogen) atoms. The van der Waals surface area contributed by atoms with Crippen LogP contribution >= 0.6 is 11.6 Å². The van der Waals surface area contributed by atoms with E-state index in [2.05, 4.69) is 20.3 Å². The molecule has 0 bridgehead atoms. The Kier molecular flexibility index (Phi) is 4.08. The first-order valence-electron chi connectivity index (χ1n) is 5.61. The molecule has 0 aliphatic carbocycles. The van der Waals surface area contributed by atoms with Gasteiger partial charge >= 0.3 is 6.18 Å². The highest BCUT2D eigenvalue weighted by Gasteiger charge is 2.33. The van der Waals surface area contributed by atoms with Gasteiger partial charge in [-0.15, -0.1) is 0 Å². The van der Waals surface area contributed by atoms with Crippen molar-refractivity contribution in [1.82, 2.24) is 15.0 Å². The average Bonchev–Trinajstić information content (AvgIpc) is 2.36. The van der Waals surface area contributed by atoms with Crippen molar-refractivity contribution in [2.45, 2.75) is 19.6 Å². The van der Waals surface area contributed by atoms with Gasteiger partial charge in [0.25, 0.3) is 0 Å². The predicted octanol–water partition coefficient (Wildman–Crippen LogP) is 3.46. The van der Waals surface area contributed by atoms with Gasteiger partial charge < -0.3 is 5.32 Å². The van der Waals surface area contributed by atoms with E-state index >= 15 is 0 Å². The zero-order valence-corrected chi connectivity index (χ0v) is 11.1. The van der Waals surface area contributed by atoms with Gasteiger partial charge in [0, 0.05) is 25.0 Å². The number of nitrogens with one attached hydrogen (secondary N) is 1. The predicted molar refractivity (Wildman–Crippen MR) is 68.3 cm³/mol. The first-order chi connectivity index (χ1) is 9.36. The lowest BCUT2D eigenvalue weighted by Gasteiger charge is -2.10. The minimum Gasteiger partial charge on any atom is -0.366 e. The molecule has 0 radical (unpaired) electrons. The van der Waals surface area contributed by atoms with E-state index in [1.54, 1.807) is 12.4 Å². The molecule has 8 heteroatoms. The lowest BCUT2D eigenvalue weighted by molar-refractivity contribution is -0.141. The van der Waals surface area contributed by atoms with Crippen molar-refractivity contribution in [2.24, 2.45) is 0 Å². The second-order valence-electron chi connectivity index (χ2n) is 4.06. The van der Waals surface area contributed by atoms with E-state index in [-0.39, 0.29) is 5.82 Å². The molecule has 2 aromatic heterocycles. The van der Waals surface area contributed by atoms with Crippen LogP contribution in [0.5, 0.6) is 0 Å². The molecule has 4 nitrogen and oxygen atoms in total.